The molecule has 0 rings (SSSR count). The van der Waals surface area contributed by atoms with Crippen molar-refractivity contribution in [1.82, 2.24) is 0 Å². The molecule has 0 fully saturated rings. The molecule has 2 atom stereocenters. The maximum atomic E-state index is 8.38. The molecule has 0 radical (unpaired) electrons. The van der Waals surface area contributed by atoms with Gasteiger partial charge in [0.1, 0.15) is 0 Å². The minimum absolute atomic E-state index is 0.717. The third kappa shape index (κ3) is 4.38. The fourth-order valence-electron chi connectivity index (χ4n) is 1.42. The topological polar surface area (TPSA) is 23.8 Å². The van der Waals surface area contributed by atoms with E-state index < -0.39 is 0 Å². The Kier molecular flexibility index (Phi) is 5.80. The number of nitrogens with zero attached hydrogens (tertiary/aromatic N) is 1. The molecule has 0 heterocycles. The lowest BCUT2D eigenvalue weighted by molar-refractivity contribution is 0.278. The summed E-state index contributed by atoms with van der Waals surface area (Å²) in [6.45, 7) is 9.14. The van der Waals surface area contributed by atoms with Gasteiger partial charge in [-0.1, -0.05) is 27.7 Å². The predicted molar refractivity (Wildman–Crippen MR) is 52.6 cm³/mol. The Hall–Kier alpha value is -0.510. The van der Waals surface area contributed by atoms with Gasteiger partial charge < -0.3 is 0 Å². The highest BCUT2D eigenvalue weighted by Crippen LogP contribution is 2.24. The van der Waals surface area contributed by atoms with Gasteiger partial charge >= 0.3 is 0 Å². The smallest absolute Gasteiger partial charge is 0.0621 e. The first-order valence-electron chi connectivity index (χ1n) is 4.96. The van der Waals surface area contributed by atoms with Crippen LogP contribution in [-0.2, 0) is 0 Å². The van der Waals surface area contributed by atoms with Crippen LogP contribution in [0, 0.1) is 29.1 Å². The van der Waals surface area contributed by atoms with Gasteiger partial charge in [-0.2, -0.15) is 5.26 Å². The molecule has 0 aromatic carbocycles. The third-order valence-corrected chi connectivity index (χ3v) is 2.90. The molecule has 12 heavy (non-hydrogen) atoms. The second-order valence-corrected chi connectivity index (χ2v) is 4.13. The van der Waals surface area contributed by atoms with Crippen LogP contribution >= 0.6 is 0 Å². The van der Waals surface area contributed by atoms with Crippen molar-refractivity contribution in [3.8, 4) is 6.07 Å². The number of nitriles is 1. The van der Waals surface area contributed by atoms with E-state index in [1.807, 2.05) is 0 Å². The molecule has 0 aliphatic carbocycles. The van der Waals surface area contributed by atoms with E-state index in [-0.39, 0.29) is 0 Å². The zero-order valence-electron chi connectivity index (χ0n) is 8.80. The molecule has 0 aromatic rings. The molecule has 0 N–H and O–H groups in total. The first-order valence-corrected chi connectivity index (χ1v) is 4.96. The van der Waals surface area contributed by atoms with Crippen LogP contribution in [0.3, 0.4) is 0 Å². The second kappa shape index (κ2) is 6.06. The molecule has 1 nitrogen and oxygen atoms in total. The first-order chi connectivity index (χ1) is 5.59. The van der Waals surface area contributed by atoms with Gasteiger partial charge in [-0.25, -0.2) is 0 Å². The Morgan fingerprint density at radius 1 is 1.17 bits per heavy atom. The van der Waals surface area contributed by atoms with E-state index in [9.17, 15) is 0 Å². The van der Waals surface area contributed by atoms with E-state index in [0.717, 1.165) is 30.6 Å². The van der Waals surface area contributed by atoms with Crippen molar-refractivity contribution in [2.45, 2.75) is 47.0 Å². The minimum atomic E-state index is 0.717. The van der Waals surface area contributed by atoms with Crippen LogP contribution in [0.5, 0.6) is 0 Å². The number of unbranched alkanes of at least 4 members (excludes halogenated alkanes) is 1. The highest BCUT2D eigenvalue weighted by molar-refractivity contribution is 4.71. The number of hydrogen-bond donors (Lipinski definition) is 0. The fourth-order valence-corrected chi connectivity index (χ4v) is 1.42. The lowest BCUT2D eigenvalue weighted by Gasteiger charge is -2.22. The van der Waals surface area contributed by atoms with Crippen molar-refractivity contribution in [3.05, 3.63) is 0 Å². The average Bonchev–Trinajstić information content (AvgIpc) is 2.03. The van der Waals surface area contributed by atoms with Crippen molar-refractivity contribution in [1.29, 1.82) is 5.26 Å². The van der Waals surface area contributed by atoms with E-state index >= 15 is 0 Å². The Balaban J connectivity index is 3.58. The lowest BCUT2D eigenvalue weighted by atomic mass is 9.83. The summed E-state index contributed by atoms with van der Waals surface area (Å²) < 4.78 is 0. The molecule has 1 heteroatoms. The molecule has 0 amide bonds. The fraction of sp³-hybridized carbons (Fsp3) is 0.909. The van der Waals surface area contributed by atoms with E-state index in [2.05, 4.69) is 33.8 Å². The molecule has 0 saturated carbocycles. The van der Waals surface area contributed by atoms with Crippen molar-refractivity contribution in [2.75, 3.05) is 0 Å². The van der Waals surface area contributed by atoms with Gasteiger partial charge in [-0.3, -0.25) is 0 Å². The van der Waals surface area contributed by atoms with Gasteiger partial charge in [0.2, 0.25) is 0 Å². The Labute approximate surface area is 76.8 Å². The molecule has 2 unspecified atom stereocenters. The van der Waals surface area contributed by atoms with Gasteiger partial charge in [0.25, 0.3) is 0 Å². The summed E-state index contributed by atoms with van der Waals surface area (Å²) in [4.78, 5) is 0. The monoisotopic (exact) mass is 167 g/mol. The van der Waals surface area contributed by atoms with Crippen molar-refractivity contribution in [3.63, 3.8) is 0 Å². The van der Waals surface area contributed by atoms with Crippen LogP contribution in [0.2, 0.25) is 0 Å². The average molecular weight is 167 g/mol. The molecule has 70 valence electrons. The molecular weight excluding hydrogens is 146 g/mol. The van der Waals surface area contributed by atoms with E-state index in [1.54, 1.807) is 0 Å². The number of rotatable bonds is 5. The second-order valence-electron chi connectivity index (χ2n) is 4.13. The number of hydrogen-bond acceptors (Lipinski definition) is 1. The van der Waals surface area contributed by atoms with Crippen LogP contribution < -0.4 is 0 Å². The van der Waals surface area contributed by atoms with Crippen molar-refractivity contribution in [2.24, 2.45) is 17.8 Å². The molecule has 0 aromatic heterocycles. The maximum Gasteiger partial charge on any atom is 0.0621 e. The van der Waals surface area contributed by atoms with Crippen LogP contribution in [0.1, 0.15) is 47.0 Å². The van der Waals surface area contributed by atoms with Crippen molar-refractivity contribution < 1.29 is 0 Å². The van der Waals surface area contributed by atoms with Gasteiger partial charge in [-0.15, -0.1) is 0 Å². The Bertz CT molecular complexity index is 144. The standard InChI is InChI=1S/C11H21N/c1-9(2)11(4)10(3)7-5-6-8-12/h9-11H,5-7H2,1-4H3. The zero-order chi connectivity index (χ0) is 9.56. The highest BCUT2D eigenvalue weighted by atomic mass is 14.2. The first kappa shape index (κ1) is 11.5. The molecule has 0 spiro atoms. The largest absolute Gasteiger partial charge is 0.198 e. The van der Waals surface area contributed by atoms with Crippen LogP contribution in [0.25, 0.3) is 0 Å². The summed E-state index contributed by atoms with van der Waals surface area (Å²) in [5.41, 5.74) is 0. The molecule has 0 aliphatic heterocycles. The highest BCUT2D eigenvalue weighted by Gasteiger charge is 2.14. The van der Waals surface area contributed by atoms with E-state index in [1.165, 1.54) is 6.42 Å². The molecule has 0 saturated heterocycles. The molecule has 0 aliphatic rings. The van der Waals surface area contributed by atoms with Crippen LogP contribution in [0.15, 0.2) is 0 Å². The maximum absolute atomic E-state index is 8.38. The molecular formula is C11H21N. The van der Waals surface area contributed by atoms with Crippen molar-refractivity contribution >= 4 is 0 Å². The normalized spacial score (nSPS) is 15.7. The predicted octanol–water partition coefficient (Wildman–Crippen LogP) is 3.61. The van der Waals surface area contributed by atoms with E-state index in [0.29, 0.717) is 0 Å². The zero-order valence-corrected chi connectivity index (χ0v) is 8.80. The minimum Gasteiger partial charge on any atom is -0.198 e. The third-order valence-electron chi connectivity index (χ3n) is 2.90. The Morgan fingerprint density at radius 2 is 1.75 bits per heavy atom. The van der Waals surface area contributed by atoms with Crippen LogP contribution in [0.4, 0.5) is 0 Å². The Morgan fingerprint density at radius 3 is 2.17 bits per heavy atom. The van der Waals surface area contributed by atoms with E-state index in [4.69, 9.17) is 5.26 Å². The van der Waals surface area contributed by atoms with Gasteiger partial charge in [0.05, 0.1) is 6.07 Å². The van der Waals surface area contributed by atoms with Crippen LogP contribution in [-0.4, -0.2) is 0 Å². The van der Waals surface area contributed by atoms with Gasteiger partial charge in [0, 0.05) is 6.42 Å². The summed E-state index contributed by atoms with van der Waals surface area (Å²) in [6, 6.07) is 2.19. The quantitative estimate of drug-likeness (QED) is 0.574. The van der Waals surface area contributed by atoms with Gasteiger partial charge in [0.15, 0.2) is 0 Å². The molecule has 0 bridgehead atoms. The summed E-state index contributed by atoms with van der Waals surface area (Å²) in [6.07, 6.45) is 2.98. The summed E-state index contributed by atoms with van der Waals surface area (Å²) in [7, 11) is 0. The summed E-state index contributed by atoms with van der Waals surface area (Å²) in [5.74, 6) is 2.31. The van der Waals surface area contributed by atoms with Gasteiger partial charge in [-0.05, 0) is 30.6 Å². The SMILES string of the molecule is CC(C)C(C)C(C)CCCC#N. The summed E-state index contributed by atoms with van der Waals surface area (Å²) >= 11 is 0. The summed E-state index contributed by atoms with van der Waals surface area (Å²) in [5, 5.41) is 8.38. The lowest BCUT2D eigenvalue weighted by Crippen LogP contribution is -2.13.